The van der Waals surface area contributed by atoms with E-state index < -0.39 is 0 Å². The molecular weight excluding hydrogens is 356 g/mol. The molecule has 5 nitrogen and oxygen atoms in total. The van der Waals surface area contributed by atoms with E-state index in [4.69, 9.17) is 4.74 Å². The Hall–Kier alpha value is -2.10. The van der Waals surface area contributed by atoms with Crippen LogP contribution in [0.5, 0.6) is 0 Å². The van der Waals surface area contributed by atoms with Crippen LogP contribution in [0, 0.1) is 11.3 Å². The molecule has 23 heavy (non-hydrogen) atoms. The van der Waals surface area contributed by atoms with Crippen molar-refractivity contribution in [3.05, 3.63) is 52.1 Å². The Kier molecular flexibility index (Phi) is 5.11. The highest BCUT2D eigenvalue weighted by atomic mass is 79.9. The Morgan fingerprint density at radius 3 is 2.87 bits per heavy atom. The van der Waals surface area contributed by atoms with E-state index in [0.29, 0.717) is 12.1 Å². The number of rotatable bonds is 4. The second-order valence-corrected chi connectivity index (χ2v) is 6.07. The van der Waals surface area contributed by atoms with Crippen LogP contribution in [-0.2, 0) is 11.3 Å². The fraction of sp³-hybridized carbons (Fsp3) is 0.294. The first kappa shape index (κ1) is 15.8. The van der Waals surface area contributed by atoms with Crippen LogP contribution in [0.15, 0.2) is 41.0 Å². The molecule has 0 aliphatic carbocycles. The number of hydrogen-bond acceptors (Lipinski definition) is 5. The third-order valence-corrected chi connectivity index (χ3v) is 4.43. The number of hydrogen-bond donors (Lipinski definition) is 1. The Morgan fingerprint density at radius 2 is 2.09 bits per heavy atom. The maximum absolute atomic E-state index is 9.30. The first-order chi connectivity index (χ1) is 11.3. The third-order valence-electron chi connectivity index (χ3n) is 3.77. The maximum Gasteiger partial charge on any atom is 0.133 e. The van der Waals surface area contributed by atoms with Gasteiger partial charge in [0, 0.05) is 35.9 Å². The molecule has 1 saturated heterocycles. The van der Waals surface area contributed by atoms with Crippen LogP contribution >= 0.6 is 15.9 Å². The number of nitrogens with zero attached hydrogens (tertiary/aromatic N) is 3. The molecule has 6 heteroatoms. The molecule has 0 spiro atoms. The van der Waals surface area contributed by atoms with Gasteiger partial charge in [-0.05, 0) is 34.1 Å². The van der Waals surface area contributed by atoms with Crippen molar-refractivity contribution in [2.75, 3.05) is 36.5 Å². The first-order valence-corrected chi connectivity index (χ1v) is 8.28. The quantitative estimate of drug-likeness (QED) is 0.892. The van der Waals surface area contributed by atoms with Gasteiger partial charge in [-0.1, -0.05) is 12.1 Å². The number of aromatic nitrogens is 1. The van der Waals surface area contributed by atoms with Crippen LogP contribution in [0.2, 0.25) is 0 Å². The Labute approximate surface area is 144 Å². The van der Waals surface area contributed by atoms with Crippen molar-refractivity contribution in [2.45, 2.75) is 6.54 Å². The molecule has 0 radical (unpaired) electrons. The predicted molar refractivity (Wildman–Crippen MR) is 93.5 cm³/mol. The number of benzene rings is 1. The topological polar surface area (TPSA) is 61.2 Å². The Balaban J connectivity index is 1.79. The normalized spacial score (nSPS) is 14.3. The Morgan fingerprint density at radius 1 is 1.26 bits per heavy atom. The second-order valence-electron chi connectivity index (χ2n) is 5.21. The zero-order chi connectivity index (χ0) is 16.1. The van der Waals surface area contributed by atoms with Gasteiger partial charge in [0.05, 0.1) is 24.5 Å². The average Bonchev–Trinajstić information content (AvgIpc) is 2.61. The fourth-order valence-corrected chi connectivity index (χ4v) is 3.06. The molecule has 3 rings (SSSR count). The molecule has 0 atom stereocenters. The molecular formula is C17H17BrN4O. The van der Waals surface area contributed by atoms with Gasteiger partial charge < -0.3 is 15.0 Å². The van der Waals surface area contributed by atoms with E-state index in [0.717, 1.165) is 47.8 Å². The molecule has 1 fully saturated rings. The Bertz CT molecular complexity index is 723. The fourth-order valence-electron chi connectivity index (χ4n) is 2.60. The van der Waals surface area contributed by atoms with Gasteiger partial charge in [-0.3, -0.25) is 0 Å². The van der Waals surface area contributed by atoms with Gasteiger partial charge >= 0.3 is 0 Å². The molecule has 0 saturated carbocycles. The molecule has 1 N–H and O–H groups in total. The van der Waals surface area contributed by atoms with E-state index in [-0.39, 0.29) is 0 Å². The highest BCUT2D eigenvalue weighted by molar-refractivity contribution is 9.10. The summed E-state index contributed by atoms with van der Waals surface area (Å²) in [6, 6.07) is 11.9. The van der Waals surface area contributed by atoms with Crippen molar-refractivity contribution in [3.63, 3.8) is 0 Å². The molecule has 118 valence electrons. The molecule has 1 aromatic heterocycles. The van der Waals surface area contributed by atoms with Gasteiger partial charge in [0.1, 0.15) is 11.9 Å². The minimum absolute atomic E-state index is 0.615. The second kappa shape index (κ2) is 7.44. The first-order valence-electron chi connectivity index (χ1n) is 7.48. The summed E-state index contributed by atoms with van der Waals surface area (Å²) in [6.07, 6.45) is 1.81. The lowest BCUT2D eigenvalue weighted by atomic mass is 10.1. The van der Waals surface area contributed by atoms with Gasteiger partial charge in [-0.2, -0.15) is 5.26 Å². The van der Waals surface area contributed by atoms with Crippen molar-refractivity contribution in [1.82, 2.24) is 4.98 Å². The lowest BCUT2D eigenvalue weighted by Gasteiger charge is -2.29. The highest BCUT2D eigenvalue weighted by Crippen LogP contribution is 2.25. The maximum atomic E-state index is 9.30. The van der Waals surface area contributed by atoms with Crippen LogP contribution in [0.25, 0.3) is 0 Å². The van der Waals surface area contributed by atoms with E-state index in [9.17, 15) is 5.26 Å². The lowest BCUT2D eigenvalue weighted by molar-refractivity contribution is 0.122. The number of nitriles is 1. The number of nitrogens with one attached hydrogen (secondary N) is 1. The summed E-state index contributed by atoms with van der Waals surface area (Å²) in [4.78, 5) is 6.77. The van der Waals surface area contributed by atoms with Crippen molar-refractivity contribution in [3.8, 4) is 6.07 Å². The molecule has 1 aliphatic rings. The zero-order valence-corrected chi connectivity index (χ0v) is 14.2. The molecule has 2 aromatic rings. The van der Waals surface area contributed by atoms with Gasteiger partial charge in [0.2, 0.25) is 0 Å². The summed E-state index contributed by atoms with van der Waals surface area (Å²) in [5, 5.41) is 12.7. The third kappa shape index (κ3) is 3.63. The molecule has 1 aromatic carbocycles. The molecule has 2 heterocycles. The minimum atomic E-state index is 0.615. The molecule has 0 unspecified atom stereocenters. The largest absolute Gasteiger partial charge is 0.380 e. The number of ether oxygens (including phenoxy) is 1. The van der Waals surface area contributed by atoms with E-state index in [1.807, 2.05) is 30.5 Å². The van der Waals surface area contributed by atoms with Crippen molar-refractivity contribution >= 4 is 27.4 Å². The van der Waals surface area contributed by atoms with E-state index in [1.54, 1.807) is 0 Å². The zero-order valence-electron chi connectivity index (χ0n) is 12.6. The standard InChI is InChI=1S/C17H17BrN4O/c18-15-4-1-5-16(14(15)11-19)21-12-13-3-2-6-20-17(13)22-7-9-23-10-8-22/h1-6,21H,7-10,12H2. The van der Waals surface area contributed by atoms with Crippen LogP contribution < -0.4 is 10.2 Å². The van der Waals surface area contributed by atoms with Crippen molar-refractivity contribution in [2.24, 2.45) is 0 Å². The summed E-state index contributed by atoms with van der Waals surface area (Å²) in [5.74, 6) is 0.983. The van der Waals surface area contributed by atoms with Crippen LogP contribution in [0.3, 0.4) is 0 Å². The van der Waals surface area contributed by atoms with Gasteiger partial charge in [0.25, 0.3) is 0 Å². The molecule has 0 amide bonds. The van der Waals surface area contributed by atoms with Crippen LogP contribution in [-0.4, -0.2) is 31.3 Å². The lowest BCUT2D eigenvalue weighted by Crippen LogP contribution is -2.37. The minimum Gasteiger partial charge on any atom is -0.380 e. The summed E-state index contributed by atoms with van der Waals surface area (Å²) < 4.78 is 6.20. The van der Waals surface area contributed by atoms with Gasteiger partial charge in [-0.25, -0.2) is 4.98 Å². The van der Waals surface area contributed by atoms with Crippen LogP contribution in [0.1, 0.15) is 11.1 Å². The van der Waals surface area contributed by atoms with Gasteiger partial charge in [0.15, 0.2) is 0 Å². The van der Waals surface area contributed by atoms with Crippen molar-refractivity contribution in [1.29, 1.82) is 5.26 Å². The summed E-state index contributed by atoms with van der Waals surface area (Å²) in [6.45, 7) is 3.78. The average molecular weight is 373 g/mol. The number of pyridine rings is 1. The van der Waals surface area contributed by atoms with E-state index in [2.05, 4.69) is 43.3 Å². The molecule has 0 bridgehead atoms. The SMILES string of the molecule is N#Cc1c(Br)cccc1NCc1cccnc1N1CCOCC1. The number of morpholine rings is 1. The smallest absolute Gasteiger partial charge is 0.133 e. The van der Waals surface area contributed by atoms with Crippen molar-refractivity contribution < 1.29 is 4.74 Å². The van der Waals surface area contributed by atoms with Gasteiger partial charge in [-0.15, -0.1) is 0 Å². The summed E-state index contributed by atoms with van der Waals surface area (Å²) in [7, 11) is 0. The number of anilines is 2. The summed E-state index contributed by atoms with van der Waals surface area (Å²) >= 11 is 3.41. The monoisotopic (exact) mass is 372 g/mol. The highest BCUT2D eigenvalue weighted by Gasteiger charge is 2.16. The summed E-state index contributed by atoms with van der Waals surface area (Å²) in [5.41, 5.74) is 2.54. The van der Waals surface area contributed by atoms with E-state index >= 15 is 0 Å². The predicted octanol–water partition coefficient (Wildman–Crippen LogP) is 3.16. The molecule has 1 aliphatic heterocycles. The van der Waals surface area contributed by atoms with E-state index in [1.165, 1.54) is 0 Å². The number of halogens is 1. The van der Waals surface area contributed by atoms with Crippen LogP contribution in [0.4, 0.5) is 11.5 Å².